The molecule has 2 aromatic carbocycles. The minimum Gasteiger partial charge on any atom is -0.372 e. The zero-order valence-electron chi connectivity index (χ0n) is 33.0. The van der Waals surface area contributed by atoms with Crippen molar-refractivity contribution >= 4 is 63.6 Å². The van der Waals surface area contributed by atoms with Crippen LogP contribution >= 0.6 is 0 Å². The number of hydrogen-bond donors (Lipinski definition) is 2. The maximum Gasteiger partial charge on any atom is 0.328 e. The maximum atomic E-state index is 12.8. The van der Waals surface area contributed by atoms with Crippen molar-refractivity contribution in [1.29, 1.82) is 0 Å². The second-order valence-corrected chi connectivity index (χ2v) is 16.2. The number of carbonyl (C=O) groups excluding carboxylic acids is 3. The van der Waals surface area contributed by atoms with Crippen LogP contribution in [0.25, 0.3) is 11.2 Å². The number of rotatable bonds is 9. The lowest BCUT2D eigenvalue weighted by atomic mass is 9.95. The van der Waals surface area contributed by atoms with Gasteiger partial charge in [0, 0.05) is 122 Å². The number of fused-ring (bicyclic) bond motifs is 1. The molecule has 0 aliphatic carbocycles. The number of likely N-dealkylation sites (N-methyl/N-ethyl adjacent to an activating group) is 1. The number of imide groups is 1. The molecule has 0 unspecified atom stereocenters. The van der Waals surface area contributed by atoms with Crippen LogP contribution in [0.4, 0.5) is 44.1 Å². The molecule has 0 spiro atoms. The molecular formula is C41H53N13O3. The Morgan fingerprint density at radius 2 is 1.44 bits per heavy atom. The first-order chi connectivity index (χ1) is 27.8. The van der Waals surface area contributed by atoms with Gasteiger partial charge in [0.05, 0.1) is 12.4 Å². The summed E-state index contributed by atoms with van der Waals surface area (Å²) >= 11 is 0. The first kappa shape index (κ1) is 37.0. The number of amides is 5. The minimum atomic E-state index is -0.346. The Balaban J connectivity index is 0.764. The predicted molar refractivity (Wildman–Crippen MR) is 222 cm³/mol. The van der Waals surface area contributed by atoms with Crippen LogP contribution in [-0.2, 0) is 11.8 Å². The molecule has 16 heteroatoms. The maximum absolute atomic E-state index is 12.8. The van der Waals surface area contributed by atoms with Crippen LogP contribution in [0.2, 0.25) is 0 Å². The third kappa shape index (κ3) is 7.74. The quantitative estimate of drug-likeness (QED) is 0.256. The lowest BCUT2D eigenvalue weighted by Crippen LogP contribution is -2.49. The molecule has 2 aromatic heterocycles. The molecule has 9 rings (SSSR count). The molecule has 0 radical (unpaired) electrons. The fraction of sp³-hybridized carbons (Fsp3) is 0.512. The SMILES string of the molecule is CN1CCN([C@@H]2CCCN(c3nc(Nc4ccc(N5CCN(CC6CCN(c7ccc(N8CCC(=O)NC8=O)cc7)CC6)CC5)cc4)c4ncn(C)c4n3)C2)C1=O. The lowest BCUT2D eigenvalue weighted by Gasteiger charge is -2.40. The van der Waals surface area contributed by atoms with E-state index in [-0.39, 0.29) is 24.0 Å². The molecular weight excluding hydrogens is 723 g/mol. The average Bonchev–Trinajstić information content (AvgIpc) is 3.79. The lowest BCUT2D eigenvalue weighted by molar-refractivity contribution is -0.120. The molecule has 300 valence electrons. The van der Waals surface area contributed by atoms with Crippen molar-refractivity contribution in [2.75, 3.05) is 111 Å². The van der Waals surface area contributed by atoms with Gasteiger partial charge in [0.2, 0.25) is 11.9 Å². The zero-order valence-corrected chi connectivity index (χ0v) is 33.0. The van der Waals surface area contributed by atoms with E-state index in [4.69, 9.17) is 9.97 Å². The Morgan fingerprint density at radius 1 is 0.737 bits per heavy atom. The Labute approximate surface area is 333 Å². The fourth-order valence-electron chi connectivity index (χ4n) is 9.10. The van der Waals surface area contributed by atoms with Gasteiger partial charge in [0.1, 0.15) is 0 Å². The third-order valence-electron chi connectivity index (χ3n) is 12.5. The van der Waals surface area contributed by atoms with E-state index in [0.29, 0.717) is 37.2 Å². The Hall–Kier alpha value is -5.64. The summed E-state index contributed by atoms with van der Waals surface area (Å²) in [7, 11) is 3.83. The predicted octanol–water partition coefficient (Wildman–Crippen LogP) is 3.93. The normalized spacial score (nSPS) is 21.6. The van der Waals surface area contributed by atoms with E-state index < -0.39 is 0 Å². The molecule has 5 amide bonds. The highest BCUT2D eigenvalue weighted by Gasteiger charge is 2.35. The van der Waals surface area contributed by atoms with Gasteiger partial charge in [-0.25, -0.2) is 14.6 Å². The number of hydrogen-bond acceptors (Lipinski definition) is 11. The largest absolute Gasteiger partial charge is 0.372 e. The molecule has 2 N–H and O–H groups in total. The van der Waals surface area contributed by atoms with Crippen molar-refractivity contribution in [2.45, 2.75) is 38.1 Å². The number of nitrogens with zero attached hydrogens (tertiary/aromatic N) is 11. The second-order valence-electron chi connectivity index (χ2n) is 16.2. The Morgan fingerprint density at radius 3 is 2.14 bits per heavy atom. The summed E-state index contributed by atoms with van der Waals surface area (Å²) in [5.41, 5.74) is 5.69. The number of urea groups is 2. The minimum absolute atomic E-state index is 0.111. The van der Waals surface area contributed by atoms with Crippen LogP contribution in [0.3, 0.4) is 0 Å². The van der Waals surface area contributed by atoms with E-state index in [0.717, 1.165) is 101 Å². The number of piperazine rings is 1. The highest BCUT2D eigenvalue weighted by Crippen LogP contribution is 2.31. The van der Waals surface area contributed by atoms with Crippen molar-refractivity contribution in [1.82, 2.24) is 39.5 Å². The van der Waals surface area contributed by atoms with E-state index in [9.17, 15) is 14.4 Å². The van der Waals surface area contributed by atoms with E-state index >= 15 is 0 Å². The van der Waals surface area contributed by atoms with Gasteiger partial charge < -0.3 is 34.4 Å². The van der Waals surface area contributed by atoms with E-state index in [1.54, 1.807) is 16.1 Å². The van der Waals surface area contributed by atoms with E-state index in [1.165, 1.54) is 24.2 Å². The summed E-state index contributed by atoms with van der Waals surface area (Å²) in [6.07, 6.45) is 6.42. The summed E-state index contributed by atoms with van der Waals surface area (Å²) in [6.45, 7) is 10.8. The van der Waals surface area contributed by atoms with Gasteiger partial charge in [-0.15, -0.1) is 0 Å². The molecule has 5 aliphatic heterocycles. The molecule has 16 nitrogen and oxygen atoms in total. The van der Waals surface area contributed by atoms with E-state index in [2.05, 4.69) is 71.6 Å². The summed E-state index contributed by atoms with van der Waals surface area (Å²) < 4.78 is 1.93. The zero-order chi connectivity index (χ0) is 39.0. The number of anilines is 6. The van der Waals surface area contributed by atoms with Crippen molar-refractivity contribution in [3.8, 4) is 0 Å². The Bertz CT molecular complexity index is 2090. The first-order valence-electron chi connectivity index (χ1n) is 20.5. The van der Waals surface area contributed by atoms with Crippen molar-refractivity contribution < 1.29 is 14.4 Å². The van der Waals surface area contributed by atoms with Gasteiger partial charge in [0.25, 0.3) is 0 Å². The van der Waals surface area contributed by atoms with Gasteiger partial charge in [0.15, 0.2) is 17.0 Å². The van der Waals surface area contributed by atoms with Gasteiger partial charge in [-0.2, -0.15) is 9.97 Å². The third-order valence-corrected chi connectivity index (χ3v) is 12.5. The molecule has 57 heavy (non-hydrogen) atoms. The molecule has 7 heterocycles. The molecule has 1 atom stereocenters. The van der Waals surface area contributed by atoms with E-state index in [1.807, 2.05) is 35.7 Å². The van der Waals surface area contributed by atoms with Gasteiger partial charge in [-0.05, 0) is 80.1 Å². The van der Waals surface area contributed by atoms with Gasteiger partial charge in [-0.3, -0.25) is 19.9 Å². The molecule has 5 fully saturated rings. The van der Waals surface area contributed by atoms with Crippen LogP contribution in [0.5, 0.6) is 0 Å². The monoisotopic (exact) mass is 775 g/mol. The number of aryl methyl sites for hydroxylation is 1. The highest BCUT2D eigenvalue weighted by atomic mass is 16.2. The van der Waals surface area contributed by atoms with Crippen molar-refractivity contribution in [3.05, 3.63) is 54.9 Å². The standard InChI is InChI=1S/C41H53N13O3/c1-47-20-25-54(41(47)57)34-4-3-16-52(27-34)39-45-37(36-38(46-39)48(2)28-42-36)43-30-5-7-31(8-6-30)51-23-21-49(22-24-51)26-29-13-17-50(18-14-29)32-9-11-33(12-10-32)53-19-15-35(55)44-40(53)56/h5-12,28-29,34H,3-4,13-27H2,1-2H3,(H,43,45,46)(H,44,55,56)/t34-/m1/s1. The van der Waals surface area contributed by atoms with Crippen molar-refractivity contribution in [3.63, 3.8) is 0 Å². The highest BCUT2D eigenvalue weighted by molar-refractivity contribution is 6.05. The first-order valence-corrected chi connectivity index (χ1v) is 20.5. The number of imidazole rings is 1. The topological polar surface area (TPSA) is 142 Å². The smallest absolute Gasteiger partial charge is 0.328 e. The van der Waals surface area contributed by atoms with Crippen LogP contribution < -0.4 is 30.2 Å². The number of benzene rings is 2. The molecule has 0 saturated carbocycles. The molecule has 5 aliphatic rings. The van der Waals surface area contributed by atoms with Gasteiger partial charge >= 0.3 is 12.1 Å². The van der Waals surface area contributed by atoms with Crippen LogP contribution in [0, 0.1) is 5.92 Å². The summed E-state index contributed by atoms with van der Waals surface area (Å²) in [4.78, 5) is 66.3. The summed E-state index contributed by atoms with van der Waals surface area (Å²) in [5, 5.41) is 5.95. The van der Waals surface area contributed by atoms with Crippen molar-refractivity contribution in [2.24, 2.45) is 13.0 Å². The molecule has 4 aromatic rings. The number of nitrogens with one attached hydrogen (secondary N) is 2. The number of carbonyl (C=O) groups is 3. The van der Waals surface area contributed by atoms with Crippen LogP contribution in [0.1, 0.15) is 32.1 Å². The fourth-order valence-corrected chi connectivity index (χ4v) is 9.10. The summed E-state index contributed by atoms with van der Waals surface area (Å²) in [6, 6.07) is 16.7. The van der Waals surface area contributed by atoms with Crippen LogP contribution in [-0.4, -0.2) is 144 Å². The average molecular weight is 776 g/mol. The van der Waals surface area contributed by atoms with Crippen LogP contribution in [0.15, 0.2) is 54.9 Å². The summed E-state index contributed by atoms with van der Waals surface area (Å²) in [5.74, 6) is 1.82. The molecule has 5 saturated heterocycles. The van der Waals surface area contributed by atoms with Gasteiger partial charge in [-0.1, -0.05) is 0 Å². The number of piperidine rings is 2. The second kappa shape index (κ2) is 15.7. The Kier molecular flexibility index (Phi) is 10.2. The number of aromatic nitrogens is 4. The molecule has 0 bridgehead atoms.